The van der Waals surface area contributed by atoms with Crippen molar-refractivity contribution in [3.05, 3.63) is 83.2 Å². The summed E-state index contributed by atoms with van der Waals surface area (Å²) < 4.78 is 48.3. The number of carboxylic acids is 1. The van der Waals surface area contributed by atoms with Gasteiger partial charge in [-0.1, -0.05) is 24.3 Å². The minimum atomic E-state index is -4.11. The number of rotatable bonds is 9. The number of carbonyl (C=O) groups excluding carboxylic acids is 1. The van der Waals surface area contributed by atoms with E-state index in [9.17, 15) is 22.7 Å². The van der Waals surface area contributed by atoms with Crippen LogP contribution in [0.5, 0.6) is 5.75 Å². The summed E-state index contributed by atoms with van der Waals surface area (Å²) in [6.45, 7) is 0.996. The Morgan fingerprint density at radius 1 is 1.17 bits per heavy atom. The minimum Gasteiger partial charge on any atom is -0.545 e. The van der Waals surface area contributed by atoms with Gasteiger partial charge in [0.25, 0.3) is 10.0 Å². The van der Waals surface area contributed by atoms with Gasteiger partial charge in [0.1, 0.15) is 23.4 Å². The van der Waals surface area contributed by atoms with E-state index >= 15 is 0 Å². The van der Waals surface area contributed by atoms with Crippen LogP contribution in [0.15, 0.2) is 65.8 Å². The number of pyridine rings is 1. The number of ether oxygens (including phenoxy) is 1. The molecule has 0 amide bonds. The van der Waals surface area contributed by atoms with E-state index in [1.54, 1.807) is 18.2 Å². The first-order chi connectivity index (χ1) is 16.3. The third-order valence-corrected chi connectivity index (χ3v) is 7.43. The fourth-order valence-corrected chi connectivity index (χ4v) is 5.48. The van der Waals surface area contributed by atoms with Crippen LogP contribution in [0.3, 0.4) is 0 Å². The molecule has 0 aliphatic heterocycles. The average Bonchev–Trinajstić information content (AvgIpc) is 3.28. The van der Waals surface area contributed by atoms with Crippen molar-refractivity contribution in [3.63, 3.8) is 0 Å². The van der Waals surface area contributed by atoms with Crippen LogP contribution in [0, 0.1) is 0 Å². The molecule has 7 nitrogen and oxygen atoms in total. The van der Waals surface area contributed by atoms with Crippen LogP contribution in [0.4, 0.5) is 10.1 Å². The van der Waals surface area contributed by atoms with Crippen LogP contribution < -0.4 is 43.7 Å². The number of aromatic carboxylic acids is 1. The number of benzene rings is 2. The van der Waals surface area contributed by atoms with Crippen molar-refractivity contribution in [2.24, 2.45) is 0 Å². The molecule has 2 aromatic carbocycles. The number of carboxylic acid groups (broad SMARTS) is 1. The Kier molecular flexibility index (Phi) is 8.93. The first-order valence-electron chi connectivity index (χ1n) is 10.9. The van der Waals surface area contributed by atoms with Gasteiger partial charge in [0.15, 0.2) is 0 Å². The molecule has 1 heterocycles. The summed E-state index contributed by atoms with van der Waals surface area (Å²) in [6.07, 6.45) is 3.87. The summed E-state index contributed by atoms with van der Waals surface area (Å²) >= 11 is 0. The largest absolute Gasteiger partial charge is 1.00 e. The number of carbonyl (C=O) groups is 1. The summed E-state index contributed by atoms with van der Waals surface area (Å²) in [7, 11) is -4.11. The molecule has 1 aliphatic carbocycles. The number of sulfonamides is 1. The van der Waals surface area contributed by atoms with Crippen molar-refractivity contribution in [1.29, 1.82) is 0 Å². The van der Waals surface area contributed by atoms with E-state index in [1.807, 2.05) is 6.07 Å². The van der Waals surface area contributed by atoms with Crippen molar-refractivity contribution >= 4 is 21.7 Å². The Morgan fingerprint density at radius 3 is 2.46 bits per heavy atom. The number of hydrogen-bond acceptors (Lipinski definition) is 6. The SMILES string of the molecule is CC(F)CN(c1cc2c(cc1OCc1ccc(C(=O)[O-])cc1)CCC2)S(=O)(=O)c1cccnc1.[Na+]. The van der Waals surface area contributed by atoms with Gasteiger partial charge in [-0.25, -0.2) is 12.8 Å². The number of halogens is 1. The number of anilines is 1. The molecule has 1 atom stereocenters. The smallest absolute Gasteiger partial charge is 0.545 e. The molecule has 0 saturated heterocycles. The quantitative estimate of drug-likeness (QED) is 0.381. The third-order valence-electron chi connectivity index (χ3n) is 5.67. The van der Waals surface area contributed by atoms with Crippen molar-refractivity contribution in [2.75, 3.05) is 10.8 Å². The second-order valence-electron chi connectivity index (χ2n) is 8.22. The molecule has 1 aromatic heterocycles. The summed E-state index contributed by atoms with van der Waals surface area (Å²) in [5.74, 6) is -0.956. The number of aromatic nitrogens is 1. The summed E-state index contributed by atoms with van der Waals surface area (Å²) in [5.41, 5.74) is 3.08. The number of alkyl halides is 1. The first-order valence-corrected chi connectivity index (χ1v) is 12.4. The maximum Gasteiger partial charge on any atom is 1.00 e. The van der Waals surface area contributed by atoms with Crippen molar-refractivity contribution < 1.29 is 57.0 Å². The second kappa shape index (κ2) is 11.5. The maximum atomic E-state index is 14.2. The molecule has 1 aliphatic rings. The molecule has 0 radical (unpaired) electrons. The van der Waals surface area contributed by atoms with Crippen LogP contribution in [0.25, 0.3) is 0 Å². The van der Waals surface area contributed by atoms with Gasteiger partial charge in [0.05, 0.1) is 18.2 Å². The van der Waals surface area contributed by atoms with Crippen molar-refractivity contribution in [2.45, 2.75) is 43.9 Å². The van der Waals surface area contributed by atoms with E-state index in [1.165, 1.54) is 43.6 Å². The molecule has 35 heavy (non-hydrogen) atoms. The Labute approximate surface area is 226 Å². The van der Waals surface area contributed by atoms with E-state index in [0.717, 1.165) is 34.7 Å². The molecular weight excluding hydrogens is 482 g/mol. The van der Waals surface area contributed by atoms with Crippen LogP contribution in [0.2, 0.25) is 0 Å². The molecule has 0 bridgehead atoms. The second-order valence-corrected chi connectivity index (χ2v) is 10.1. The fourth-order valence-electron chi connectivity index (χ4n) is 3.98. The van der Waals surface area contributed by atoms with Gasteiger partial charge in [0.2, 0.25) is 0 Å². The van der Waals surface area contributed by atoms with Gasteiger partial charge in [0, 0.05) is 12.4 Å². The van der Waals surface area contributed by atoms with Crippen LogP contribution in [0.1, 0.15) is 40.4 Å². The zero-order chi connectivity index (χ0) is 24.3. The van der Waals surface area contributed by atoms with Crippen LogP contribution >= 0.6 is 0 Å². The molecule has 1 unspecified atom stereocenters. The predicted octanol–water partition coefficient (Wildman–Crippen LogP) is 0.0701. The first kappa shape index (κ1) is 27.1. The number of hydrogen-bond donors (Lipinski definition) is 0. The van der Waals surface area contributed by atoms with E-state index in [2.05, 4.69) is 4.98 Å². The van der Waals surface area contributed by atoms with Crippen LogP contribution in [-0.2, 0) is 29.5 Å². The van der Waals surface area contributed by atoms with E-state index in [0.29, 0.717) is 11.3 Å². The molecule has 3 aromatic rings. The Balaban J connectivity index is 0.00000342. The fraction of sp³-hybridized carbons (Fsp3) is 0.280. The molecule has 0 fully saturated rings. The van der Waals surface area contributed by atoms with Gasteiger partial charge < -0.3 is 14.6 Å². The molecule has 4 rings (SSSR count). The Hall–Kier alpha value is -2.46. The van der Waals surface area contributed by atoms with Crippen LogP contribution in [-0.4, -0.2) is 32.1 Å². The number of aryl methyl sites for hydroxylation is 2. The Bertz CT molecular complexity index is 1290. The van der Waals surface area contributed by atoms with Gasteiger partial charge in [-0.05, 0) is 72.7 Å². The summed E-state index contributed by atoms with van der Waals surface area (Å²) in [5, 5.41) is 11.0. The summed E-state index contributed by atoms with van der Waals surface area (Å²) in [4.78, 5) is 14.8. The van der Waals surface area contributed by atoms with Gasteiger partial charge >= 0.3 is 29.6 Å². The zero-order valence-electron chi connectivity index (χ0n) is 19.6. The maximum absolute atomic E-state index is 14.2. The zero-order valence-corrected chi connectivity index (χ0v) is 22.4. The molecular formula is C25H24FN2NaO5S. The van der Waals surface area contributed by atoms with E-state index in [-0.39, 0.29) is 58.9 Å². The number of fused-ring (bicyclic) bond motifs is 1. The third kappa shape index (κ3) is 6.22. The molecule has 178 valence electrons. The van der Waals surface area contributed by atoms with Gasteiger partial charge in [-0.15, -0.1) is 0 Å². The topological polar surface area (TPSA) is 99.6 Å². The molecule has 0 saturated carbocycles. The Morgan fingerprint density at radius 2 is 1.86 bits per heavy atom. The van der Waals surface area contributed by atoms with Crippen molar-refractivity contribution in [1.82, 2.24) is 4.98 Å². The van der Waals surface area contributed by atoms with Crippen molar-refractivity contribution in [3.8, 4) is 5.75 Å². The van der Waals surface area contributed by atoms with E-state index < -0.39 is 22.2 Å². The normalized spacial score (nSPS) is 13.4. The predicted molar refractivity (Wildman–Crippen MR) is 123 cm³/mol. The van der Waals surface area contributed by atoms with Gasteiger partial charge in [-0.2, -0.15) is 0 Å². The molecule has 10 heteroatoms. The standard InChI is InChI=1S/C25H25FN2O5S.Na/c1-17(26)15-28(34(31,32)22-6-3-11-27-14-22)23-12-20-4-2-5-21(20)13-24(23)33-16-18-7-9-19(10-8-18)25(29)30;/h3,6-14,17H,2,4-5,15-16H2,1H3,(H,29,30);/q;+1/p-1. The number of nitrogens with zero attached hydrogens (tertiary/aromatic N) is 2. The van der Waals surface area contributed by atoms with Gasteiger partial charge in [-0.3, -0.25) is 9.29 Å². The average molecular weight is 507 g/mol. The molecule has 0 spiro atoms. The monoisotopic (exact) mass is 506 g/mol. The minimum absolute atomic E-state index is 0. The summed E-state index contributed by atoms with van der Waals surface area (Å²) in [6, 6.07) is 12.6. The van der Waals surface area contributed by atoms with E-state index in [4.69, 9.17) is 4.74 Å². The molecule has 0 N–H and O–H groups in total.